The number of nitrogens with one attached hydrogen (secondary N) is 1. The van der Waals surface area contributed by atoms with Gasteiger partial charge < -0.3 is 5.32 Å². The topological polar surface area (TPSA) is 42.0 Å². The smallest absolute Gasteiger partial charge is 0.256 e. The first kappa shape index (κ1) is 20.1. The van der Waals surface area contributed by atoms with Gasteiger partial charge in [0.15, 0.2) is 0 Å². The van der Waals surface area contributed by atoms with Crippen molar-refractivity contribution in [2.75, 3.05) is 5.32 Å². The zero-order valence-electron chi connectivity index (χ0n) is 17.5. The summed E-state index contributed by atoms with van der Waals surface area (Å²) in [5.41, 5.74) is 8.36. The van der Waals surface area contributed by atoms with Crippen LogP contribution in [0, 0.1) is 27.7 Å². The van der Waals surface area contributed by atoms with Crippen molar-refractivity contribution in [2.24, 2.45) is 0 Å². The van der Waals surface area contributed by atoms with E-state index < -0.39 is 0 Å². The third-order valence-electron chi connectivity index (χ3n) is 5.40. The van der Waals surface area contributed by atoms with E-state index in [-0.39, 0.29) is 5.91 Å². The summed E-state index contributed by atoms with van der Waals surface area (Å²) in [6.07, 6.45) is 0. The Labute approximate surface area is 181 Å². The molecule has 4 heteroatoms. The quantitative estimate of drug-likeness (QED) is 0.390. The van der Waals surface area contributed by atoms with Crippen molar-refractivity contribution < 1.29 is 4.79 Å². The van der Waals surface area contributed by atoms with Crippen LogP contribution in [0.15, 0.2) is 60.7 Å². The second-order valence-electron chi connectivity index (χ2n) is 7.79. The summed E-state index contributed by atoms with van der Waals surface area (Å²) < 4.78 is 0. The van der Waals surface area contributed by atoms with Crippen molar-refractivity contribution in [3.8, 4) is 11.3 Å². The number of pyridine rings is 1. The highest BCUT2D eigenvalue weighted by Gasteiger charge is 2.16. The van der Waals surface area contributed by atoms with Gasteiger partial charge in [-0.15, -0.1) is 0 Å². The summed E-state index contributed by atoms with van der Waals surface area (Å²) in [5.74, 6) is -0.147. The molecule has 4 aromatic rings. The number of rotatable bonds is 3. The Balaban J connectivity index is 1.86. The van der Waals surface area contributed by atoms with Gasteiger partial charge in [0.2, 0.25) is 0 Å². The number of amides is 1. The summed E-state index contributed by atoms with van der Waals surface area (Å²) in [7, 11) is 0. The summed E-state index contributed by atoms with van der Waals surface area (Å²) in [6.45, 7) is 8.16. The lowest BCUT2D eigenvalue weighted by atomic mass is 9.99. The molecule has 1 heterocycles. The van der Waals surface area contributed by atoms with Crippen LogP contribution in [0.25, 0.3) is 22.2 Å². The molecule has 1 aromatic heterocycles. The van der Waals surface area contributed by atoms with Gasteiger partial charge >= 0.3 is 0 Å². The maximum atomic E-state index is 13.3. The van der Waals surface area contributed by atoms with E-state index in [0.717, 1.165) is 44.5 Å². The van der Waals surface area contributed by atoms with Gasteiger partial charge in [0, 0.05) is 21.7 Å². The Morgan fingerprint density at radius 2 is 1.57 bits per heavy atom. The second kappa shape index (κ2) is 7.92. The predicted molar refractivity (Wildman–Crippen MR) is 126 cm³/mol. The van der Waals surface area contributed by atoms with Crippen molar-refractivity contribution in [2.45, 2.75) is 27.7 Å². The standard InChI is InChI=1S/C26H23ClN2O/c1-15-11-18(4)25-22(12-15)23(14-24(29-25)19-6-8-20(27)9-7-19)26(30)28-21-10-5-16(2)17(3)13-21/h5-14H,1-4H3,(H,28,30). The zero-order valence-corrected chi connectivity index (χ0v) is 18.3. The molecule has 0 aliphatic carbocycles. The molecular weight excluding hydrogens is 392 g/mol. The van der Waals surface area contributed by atoms with Crippen LogP contribution >= 0.6 is 11.6 Å². The first-order valence-corrected chi connectivity index (χ1v) is 10.3. The fraction of sp³-hybridized carbons (Fsp3) is 0.154. The van der Waals surface area contributed by atoms with Crippen molar-refractivity contribution in [3.63, 3.8) is 0 Å². The van der Waals surface area contributed by atoms with Gasteiger partial charge in [-0.1, -0.05) is 41.4 Å². The molecule has 0 aliphatic heterocycles. The summed E-state index contributed by atoms with van der Waals surface area (Å²) >= 11 is 6.05. The molecule has 0 aliphatic rings. The lowest BCUT2D eigenvalue weighted by molar-refractivity contribution is 0.102. The third kappa shape index (κ3) is 3.94. The van der Waals surface area contributed by atoms with E-state index in [0.29, 0.717) is 10.6 Å². The van der Waals surface area contributed by atoms with Crippen LogP contribution in [0.3, 0.4) is 0 Å². The van der Waals surface area contributed by atoms with Gasteiger partial charge in [0.1, 0.15) is 0 Å². The molecule has 1 amide bonds. The summed E-state index contributed by atoms with van der Waals surface area (Å²) in [5, 5.41) is 4.58. The minimum Gasteiger partial charge on any atom is -0.322 e. The Kier molecular flexibility index (Phi) is 5.31. The number of halogens is 1. The molecule has 0 saturated carbocycles. The molecule has 0 fully saturated rings. The highest BCUT2D eigenvalue weighted by Crippen LogP contribution is 2.29. The molecule has 0 saturated heterocycles. The number of aryl methyl sites for hydroxylation is 4. The number of fused-ring (bicyclic) bond motifs is 1. The van der Waals surface area contributed by atoms with Crippen LogP contribution in [0.4, 0.5) is 5.69 Å². The SMILES string of the molecule is Cc1cc(C)c2nc(-c3ccc(Cl)cc3)cc(C(=O)Nc3ccc(C)c(C)c3)c2c1. The van der Waals surface area contributed by atoms with Gasteiger partial charge in [-0.3, -0.25) is 4.79 Å². The number of nitrogens with zero attached hydrogens (tertiary/aromatic N) is 1. The molecule has 150 valence electrons. The normalized spacial score (nSPS) is 11.0. The predicted octanol–water partition coefficient (Wildman–Crippen LogP) is 7.04. The van der Waals surface area contributed by atoms with E-state index in [4.69, 9.17) is 16.6 Å². The molecule has 0 atom stereocenters. The minimum absolute atomic E-state index is 0.147. The van der Waals surface area contributed by atoms with Crippen LogP contribution in [0.2, 0.25) is 5.02 Å². The van der Waals surface area contributed by atoms with E-state index in [9.17, 15) is 4.79 Å². The molecule has 0 radical (unpaired) electrons. The monoisotopic (exact) mass is 414 g/mol. The first-order chi connectivity index (χ1) is 14.3. The molecular formula is C26H23ClN2O. The molecule has 30 heavy (non-hydrogen) atoms. The number of anilines is 1. The fourth-order valence-corrected chi connectivity index (χ4v) is 3.78. The van der Waals surface area contributed by atoms with E-state index in [2.05, 4.69) is 18.3 Å². The van der Waals surface area contributed by atoms with E-state index in [1.807, 2.05) is 75.4 Å². The molecule has 0 spiro atoms. The maximum Gasteiger partial charge on any atom is 0.256 e. The first-order valence-electron chi connectivity index (χ1n) is 9.88. The fourth-order valence-electron chi connectivity index (χ4n) is 3.65. The van der Waals surface area contributed by atoms with E-state index in [1.54, 1.807) is 0 Å². The van der Waals surface area contributed by atoms with Crippen molar-refractivity contribution in [1.82, 2.24) is 4.98 Å². The van der Waals surface area contributed by atoms with Gasteiger partial charge in [-0.2, -0.15) is 0 Å². The van der Waals surface area contributed by atoms with Crippen LogP contribution in [-0.4, -0.2) is 10.9 Å². The number of carbonyl (C=O) groups excluding carboxylic acids is 1. The molecule has 0 unspecified atom stereocenters. The second-order valence-corrected chi connectivity index (χ2v) is 8.23. The average Bonchev–Trinajstić information content (AvgIpc) is 2.70. The number of benzene rings is 3. The van der Waals surface area contributed by atoms with Crippen molar-refractivity contribution in [1.29, 1.82) is 0 Å². The Morgan fingerprint density at radius 3 is 2.27 bits per heavy atom. The Bertz CT molecular complexity index is 1280. The molecule has 4 rings (SSSR count). The number of carbonyl (C=O) groups is 1. The van der Waals surface area contributed by atoms with E-state index in [1.165, 1.54) is 5.56 Å². The van der Waals surface area contributed by atoms with Crippen LogP contribution in [-0.2, 0) is 0 Å². The molecule has 3 aromatic carbocycles. The minimum atomic E-state index is -0.147. The van der Waals surface area contributed by atoms with E-state index >= 15 is 0 Å². The van der Waals surface area contributed by atoms with Crippen LogP contribution in [0.1, 0.15) is 32.6 Å². The number of hydrogen-bond acceptors (Lipinski definition) is 2. The molecule has 1 N–H and O–H groups in total. The average molecular weight is 415 g/mol. The Hall–Kier alpha value is -3.17. The lowest BCUT2D eigenvalue weighted by Crippen LogP contribution is -2.13. The van der Waals surface area contributed by atoms with Gasteiger partial charge in [0.25, 0.3) is 5.91 Å². The number of hydrogen-bond donors (Lipinski definition) is 1. The van der Waals surface area contributed by atoms with Crippen molar-refractivity contribution in [3.05, 3.63) is 93.5 Å². The maximum absolute atomic E-state index is 13.3. The molecule has 3 nitrogen and oxygen atoms in total. The zero-order chi connectivity index (χ0) is 21.4. The van der Waals surface area contributed by atoms with Crippen molar-refractivity contribution >= 4 is 34.1 Å². The Morgan fingerprint density at radius 1 is 0.833 bits per heavy atom. The molecule has 0 bridgehead atoms. The van der Waals surface area contributed by atoms with Gasteiger partial charge in [0.05, 0.1) is 16.8 Å². The third-order valence-corrected chi connectivity index (χ3v) is 5.65. The van der Waals surface area contributed by atoms with Gasteiger partial charge in [-0.25, -0.2) is 4.98 Å². The van der Waals surface area contributed by atoms with Gasteiger partial charge in [-0.05, 0) is 80.8 Å². The van der Waals surface area contributed by atoms with Crippen LogP contribution < -0.4 is 5.32 Å². The highest BCUT2D eigenvalue weighted by atomic mass is 35.5. The highest BCUT2D eigenvalue weighted by molar-refractivity contribution is 6.30. The lowest BCUT2D eigenvalue weighted by Gasteiger charge is -2.13. The summed E-state index contributed by atoms with van der Waals surface area (Å²) in [6, 6.07) is 19.4. The summed E-state index contributed by atoms with van der Waals surface area (Å²) in [4.78, 5) is 18.2. The number of aromatic nitrogens is 1. The van der Waals surface area contributed by atoms with Crippen LogP contribution in [0.5, 0.6) is 0 Å². The largest absolute Gasteiger partial charge is 0.322 e.